The van der Waals surface area contributed by atoms with Crippen LogP contribution in [0.4, 0.5) is 5.69 Å². The average molecular weight is 191 g/mol. The lowest BCUT2D eigenvalue weighted by Crippen LogP contribution is -2.27. The van der Waals surface area contributed by atoms with Gasteiger partial charge in [-0.1, -0.05) is 0 Å². The molecule has 0 radical (unpaired) electrons. The van der Waals surface area contributed by atoms with Crippen LogP contribution in [0.15, 0.2) is 18.2 Å². The van der Waals surface area contributed by atoms with E-state index in [0.717, 1.165) is 30.9 Å². The van der Waals surface area contributed by atoms with Gasteiger partial charge >= 0.3 is 0 Å². The Morgan fingerprint density at radius 3 is 2.93 bits per heavy atom. The standard InChI is InChI=1S/C11H13NO2/c12-8-2-4-9-7(5-8)1-3-10(14-9)11-6-13-11/h2,4-5,10-11H,1,3,6,12H2/t10-,11?/m1/s1. The number of anilines is 1. The Balaban J connectivity index is 1.86. The van der Waals surface area contributed by atoms with Crippen LogP contribution in [0.3, 0.4) is 0 Å². The number of aryl methyl sites for hydroxylation is 1. The molecule has 14 heavy (non-hydrogen) atoms. The van der Waals surface area contributed by atoms with E-state index in [1.54, 1.807) is 0 Å². The van der Waals surface area contributed by atoms with Gasteiger partial charge in [0, 0.05) is 5.69 Å². The number of nitrogens with two attached hydrogens (primary N) is 1. The lowest BCUT2D eigenvalue weighted by molar-refractivity contribution is 0.136. The normalized spacial score (nSPS) is 29.1. The Morgan fingerprint density at radius 1 is 1.29 bits per heavy atom. The zero-order valence-corrected chi connectivity index (χ0v) is 7.90. The van der Waals surface area contributed by atoms with Crippen molar-refractivity contribution in [2.75, 3.05) is 12.3 Å². The van der Waals surface area contributed by atoms with Crippen LogP contribution in [0.1, 0.15) is 12.0 Å². The van der Waals surface area contributed by atoms with E-state index in [2.05, 4.69) is 0 Å². The Hall–Kier alpha value is -1.22. The summed E-state index contributed by atoms with van der Waals surface area (Å²) in [6.45, 7) is 0.856. The molecule has 3 heteroatoms. The van der Waals surface area contributed by atoms with E-state index < -0.39 is 0 Å². The predicted molar refractivity (Wildman–Crippen MR) is 53.3 cm³/mol. The van der Waals surface area contributed by atoms with Gasteiger partial charge < -0.3 is 15.2 Å². The summed E-state index contributed by atoms with van der Waals surface area (Å²) in [5.41, 5.74) is 7.75. The summed E-state index contributed by atoms with van der Waals surface area (Å²) in [5, 5.41) is 0. The topological polar surface area (TPSA) is 47.8 Å². The molecule has 1 aromatic carbocycles. The fourth-order valence-corrected chi connectivity index (χ4v) is 1.96. The number of ether oxygens (including phenoxy) is 2. The van der Waals surface area contributed by atoms with E-state index in [1.165, 1.54) is 5.56 Å². The number of hydrogen-bond acceptors (Lipinski definition) is 3. The van der Waals surface area contributed by atoms with Crippen molar-refractivity contribution in [3.8, 4) is 5.75 Å². The molecular formula is C11H13NO2. The third-order valence-corrected chi connectivity index (χ3v) is 2.83. The third-order valence-electron chi connectivity index (χ3n) is 2.83. The van der Waals surface area contributed by atoms with E-state index in [4.69, 9.17) is 15.2 Å². The van der Waals surface area contributed by atoms with Crippen LogP contribution in [0, 0.1) is 0 Å². The molecular weight excluding hydrogens is 178 g/mol. The summed E-state index contributed by atoms with van der Waals surface area (Å²) >= 11 is 0. The number of epoxide rings is 1. The first-order valence-corrected chi connectivity index (χ1v) is 4.99. The molecule has 74 valence electrons. The largest absolute Gasteiger partial charge is 0.487 e. The number of hydrogen-bond donors (Lipinski definition) is 1. The summed E-state index contributed by atoms with van der Waals surface area (Å²) in [5.74, 6) is 0.978. The monoisotopic (exact) mass is 191 g/mol. The minimum Gasteiger partial charge on any atom is -0.487 e. The van der Waals surface area contributed by atoms with Crippen molar-refractivity contribution in [2.24, 2.45) is 0 Å². The predicted octanol–water partition coefficient (Wildman–Crippen LogP) is 1.36. The summed E-state index contributed by atoms with van der Waals surface area (Å²) in [4.78, 5) is 0. The van der Waals surface area contributed by atoms with Gasteiger partial charge in [0.15, 0.2) is 0 Å². The van der Waals surface area contributed by atoms with E-state index >= 15 is 0 Å². The van der Waals surface area contributed by atoms with Gasteiger partial charge in [-0.3, -0.25) is 0 Å². The van der Waals surface area contributed by atoms with Crippen molar-refractivity contribution in [3.05, 3.63) is 23.8 Å². The van der Waals surface area contributed by atoms with Crippen molar-refractivity contribution >= 4 is 5.69 Å². The van der Waals surface area contributed by atoms with E-state index in [-0.39, 0.29) is 6.10 Å². The average Bonchev–Trinajstić information content (AvgIpc) is 3.00. The lowest BCUT2D eigenvalue weighted by atomic mass is 10.0. The van der Waals surface area contributed by atoms with Crippen molar-refractivity contribution in [3.63, 3.8) is 0 Å². The van der Waals surface area contributed by atoms with Crippen LogP contribution in [0.2, 0.25) is 0 Å². The smallest absolute Gasteiger partial charge is 0.127 e. The SMILES string of the molecule is Nc1ccc2c(c1)CC[C@H](C1CO1)O2. The first-order chi connectivity index (χ1) is 6.83. The summed E-state index contributed by atoms with van der Waals surface area (Å²) in [7, 11) is 0. The number of fused-ring (bicyclic) bond motifs is 1. The Kier molecular flexibility index (Phi) is 1.67. The van der Waals surface area contributed by atoms with Gasteiger partial charge in [0.2, 0.25) is 0 Å². The van der Waals surface area contributed by atoms with Gasteiger partial charge in [-0.25, -0.2) is 0 Å². The van der Waals surface area contributed by atoms with Gasteiger partial charge in [0.25, 0.3) is 0 Å². The zero-order valence-electron chi connectivity index (χ0n) is 7.90. The second kappa shape index (κ2) is 2.89. The maximum absolute atomic E-state index is 5.83. The van der Waals surface area contributed by atoms with Crippen LogP contribution >= 0.6 is 0 Å². The molecule has 0 aromatic heterocycles. The summed E-state index contributed by atoms with van der Waals surface area (Å²) < 4.78 is 11.1. The highest BCUT2D eigenvalue weighted by Gasteiger charge is 2.36. The molecule has 3 rings (SSSR count). The first-order valence-electron chi connectivity index (χ1n) is 4.99. The molecule has 2 heterocycles. The Labute approximate surface area is 82.8 Å². The van der Waals surface area contributed by atoms with Crippen LogP contribution in [0.5, 0.6) is 5.75 Å². The molecule has 0 spiro atoms. The Bertz CT molecular complexity index is 360. The Morgan fingerprint density at radius 2 is 2.14 bits per heavy atom. The van der Waals surface area contributed by atoms with Crippen molar-refractivity contribution in [1.29, 1.82) is 0 Å². The highest BCUT2D eigenvalue weighted by Crippen LogP contribution is 2.33. The highest BCUT2D eigenvalue weighted by atomic mass is 16.6. The second-order valence-corrected chi connectivity index (χ2v) is 3.93. The molecule has 2 aliphatic heterocycles. The summed E-state index contributed by atoms with van der Waals surface area (Å²) in [6.07, 6.45) is 2.68. The van der Waals surface area contributed by atoms with Crippen molar-refractivity contribution in [2.45, 2.75) is 25.0 Å². The van der Waals surface area contributed by atoms with Crippen LogP contribution < -0.4 is 10.5 Å². The van der Waals surface area contributed by atoms with E-state index in [9.17, 15) is 0 Å². The second-order valence-electron chi connectivity index (χ2n) is 3.93. The minimum absolute atomic E-state index is 0.256. The number of rotatable bonds is 1. The number of benzene rings is 1. The fraction of sp³-hybridized carbons (Fsp3) is 0.455. The highest BCUT2D eigenvalue weighted by molar-refractivity contribution is 5.48. The van der Waals surface area contributed by atoms with Crippen molar-refractivity contribution < 1.29 is 9.47 Å². The molecule has 1 aromatic rings. The van der Waals surface area contributed by atoms with E-state index in [0.29, 0.717) is 6.10 Å². The molecule has 0 aliphatic carbocycles. The zero-order chi connectivity index (χ0) is 9.54. The molecule has 3 nitrogen and oxygen atoms in total. The van der Waals surface area contributed by atoms with Crippen LogP contribution in [0.25, 0.3) is 0 Å². The lowest BCUT2D eigenvalue weighted by Gasteiger charge is -2.24. The molecule has 1 fully saturated rings. The van der Waals surface area contributed by atoms with E-state index in [1.807, 2.05) is 18.2 Å². The molecule has 0 saturated carbocycles. The molecule has 2 atom stereocenters. The first kappa shape index (κ1) is 8.12. The fourth-order valence-electron chi connectivity index (χ4n) is 1.96. The van der Waals surface area contributed by atoms with Gasteiger partial charge in [-0.15, -0.1) is 0 Å². The van der Waals surface area contributed by atoms with Gasteiger partial charge in [-0.2, -0.15) is 0 Å². The van der Waals surface area contributed by atoms with Crippen LogP contribution in [-0.2, 0) is 11.2 Å². The molecule has 0 amide bonds. The molecule has 1 unspecified atom stereocenters. The summed E-state index contributed by atoms with van der Waals surface area (Å²) in [6, 6.07) is 5.84. The molecule has 2 aliphatic rings. The van der Waals surface area contributed by atoms with Crippen LogP contribution in [-0.4, -0.2) is 18.8 Å². The molecule has 0 bridgehead atoms. The van der Waals surface area contributed by atoms with Gasteiger partial charge in [0.1, 0.15) is 18.0 Å². The maximum Gasteiger partial charge on any atom is 0.127 e. The number of nitrogen functional groups attached to an aromatic ring is 1. The minimum atomic E-state index is 0.256. The maximum atomic E-state index is 5.83. The van der Waals surface area contributed by atoms with Gasteiger partial charge in [-0.05, 0) is 36.6 Å². The van der Waals surface area contributed by atoms with Gasteiger partial charge in [0.05, 0.1) is 6.61 Å². The molecule has 2 N–H and O–H groups in total. The quantitative estimate of drug-likeness (QED) is 0.538. The third kappa shape index (κ3) is 1.34. The van der Waals surface area contributed by atoms with Crippen molar-refractivity contribution in [1.82, 2.24) is 0 Å². The molecule has 1 saturated heterocycles.